The SMILES string of the molecule is Nc1ncc(C(F)(F)F)c(NCCc2nc3ccccc3[nH]2)n1. The van der Waals surface area contributed by atoms with E-state index in [1.54, 1.807) is 0 Å². The Labute approximate surface area is 129 Å². The van der Waals surface area contributed by atoms with Gasteiger partial charge in [-0.2, -0.15) is 18.2 Å². The maximum absolute atomic E-state index is 12.9. The minimum atomic E-state index is -4.55. The van der Waals surface area contributed by atoms with Gasteiger partial charge in [-0.1, -0.05) is 12.1 Å². The monoisotopic (exact) mass is 322 g/mol. The van der Waals surface area contributed by atoms with E-state index in [9.17, 15) is 13.2 Å². The van der Waals surface area contributed by atoms with E-state index in [1.807, 2.05) is 24.3 Å². The van der Waals surface area contributed by atoms with E-state index >= 15 is 0 Å². The van der Waals surface area contributed by atoms with Crippen molar-refractivity contribution in [2.75, 3.05) is 17.6 Å². The second-order valence-electron chi connectivity index (χ2n) is 4.87. The molecular weight excluding hydrogens is 309 g/mol. The molecule has 2 heterocycles. The molecule has 3 rings (SSSR count). The molecule has 9 heteroatoms. The molecule has 0 aliphatic rings. The van der Waals surface area contributed by atoms with Crippen molar-refractivity contribution in [2.45, 2.75) is 12.6 Å². The number of fused-ring (bicyclic) bond motifs is 1. The minimum absolute atomic E-state index is 0.218. The molecule has 0 bridgehead atoms. The second-order valence-corrected chi connectivity index (χ2v) is 4.87. The first-order valence-corrected chi connectivity index (χ1v) is 6.80. The standard InChI is InChI=1S/C14H13F3N6/c15-14(16,17)8-7-20-13(18)23-12(8)19-6-5-11-21-9-3-1-2-4-10(9)22-11/h1-4,7H,5-6H2,(H,21,22)(H3,18,19,20,23). The van der Waals surface area contributed by atoms with Gasteiger partial charge in [0, 0.05) is 19.2 Å². The summed E-state index contributed by atoms with van der Waals surface area (Å²) >= 11 is 0. The molecule has 0 aliphatic carbocycles. The van der Waals surface area contributed by atoms with Gasteiger partial charge < -0.3 is 16.0 Å². The number of nitrogens with two attached hydrogens (primary N) is 1. The van der Waals surface area contributed by atoms with Gasteiger partial charge in [-0.25, -0.2) is 9.97 Å². The van der Waals surface area contributed by atoms with Crippen LogP contribution < -0.4 is 11.1 Å². The summed E-state index contributed by atoms with van der Waals surface area (Å²) in [5, 5.41) is 2.64. The maximum Gasteiger partial charge on any atom is 0.421 e. The number of nitrogen functional groups attached to an aromatic ring is 1. The summed E-state index contributed by atoms with van der Waals surface area (Å²) in [6.07, 6.45) is -3.46. The van der Waals surface area contributed by atoms with Gasteiger partial charge in [0.15, 0.2) is 0 Å². The Morgan fingerprint density at radius 1 is 1.17 bits per heavy atom. The normalized spacial score (nSPS) is 11.8. The molecule has 0 fully saturated rings. The van der Waals surface area contributed by atoms with Crippen LogP contribution in [0.4, 0.5) is 24.9 Å². The highest BCUT2D eigenvalue weighted by molar-refractivity contribution is 5.74. The maximum atomic E-state index is 12.9. The molecule has 0 saturated heterocycles. The highest BCUT2D eigenvalue weighted by Crippen LogP contribution is 2.33. The lowest BCUT2D eigenvalue weighted by Gasteiger charge is -2.12. The number of alkyl halides is 3. The number of hydrogen-bond acceptors (Lipinski definition) is 5. The van der Waals surface area contributed by atoms with Crippen LogP contribution in [0.5, 0.6) is 0 Å². The lowest BCUT2D eigenvalue weighted by atomic mass is 10.3. The number of imidazole rings is 1. The summed E-state index contributed by atoms with van der Waals surface area (Å²) in [6.45, 7) is 0.222. The number of halogens is 3. The predicted octanol–water partition coefficient (Wildman–Crippen LogP) is 2.61. The molecule has 0 unspecified atom stereocenters. The van der Waals surface area contributed by atoms with Crippen molar-refractivity contribution in [3.8, 4) is 0 Å². The molecule has 2 aromatic heterocycles. The smallest absolute Gasteiger partial charge is 0.369 e. The third-order valence-corrected chi connectivity index (χ3v) is 3.21. The van der Waals surface area contributed by atoms with Crippen LogP contribution in [0.2, 0.25) is 0 Å². The van der Waals surface area contributed by atoms with Crippen molar-refractivity contribution in [1.82, 2.24) is 19.9 Å². The number of para-hydroxylation sites is 2. The van der Waals surface area contributed by atoms with Crippen LogP contribution in [-0.2, 0) is 12.6 Å². The molecule has 0 atom stereocenters. The quantitative estimate of drug-likeness (QED) is 0.686. The van der Waals surface area contributed by atoms with Crippen LogP contribution in [0, 0.1) is 0 Å². The van der Waals surface area contributed by atoms with Gasteiger partial charge in [-0.3, -0.25) is 0 Å². The molecule has 6 nitrogen and oxygen atoms in total. The number of rotatable bonds is 4. The van der Waals surface area contributed by atoms with E-state index < -0.39 is 11.7 Å². The fourth-order valence-electron chi connectivity index (χ4n) is 2.16. The highest BCUT2D eigenvalue weighted by Gasteiger charge is 2.35. The van der Waals surface area contributed by atoms with E-state index in [2.05, 4.69) is 25.3 Å². The van der Waals surface area contributed by atoms with Gasteiger partial charge in [0.05, 0.1) is 11.0 Å². The second kappa shape index (κ2) is 5.75. The Kier molecular flexibility index (Phi) is 3.77. The molecule has 0 saturated carbocycles. The molecule has 120 valence electrons. The molecule has 23 heavy (non-hydrogen) atoms. The van der Waals surface area contributed by atoms with Gasteiger partial charge in [0.25, 0.3) is 0 Å². The van der Waals surface area contributed by atoms with E-state index in [0.29, 0.717) is 18.4 Å². The average Bonchev–Trinajstić information content (AvgIpc) is 2.88. The number of nitrogens with one attached hydrogen (secondary N) is 2. The molecule has 3 aromatic rings. The third kappa shape index (κ3) is 3.33. The van der Waals surface area contributed by atoms with Gasteiger partial charge in [-0.05, 0) is 12.1 Å². The fourth-order valence-corrected chi connectivity index (χ4v) is 2.16. The number of aromatic nitrogens is 4. The van der Waals surface area contributed by atoms with Crippen LogP contribution in [0.25, 0.3) is 11.0 Å². The van der Waals surface area contributed by atoms with Crippen LogP contribution in [0.1, 0.15) is 11.4 Å². The molecule has 0 radical (unpaired) electrons. The highest BCUT2D eigenvalue weighted by atomic mass is 19.4. The fraction of sp³-hybridized carbons (Fsp3) is 0.214. The first-order chi connectivity index (χ1) is 10.9. The number of benzene rings is 1. The molecular formula is C14H13F3N6. The lowest BCUT2D eigenvalue weighted by molar-refractivity contribution is -0.137. The topological polar surface area (TPSA) is 92.5 Å². The zero-order valence-corrected chi connectivity index (χ0v) is 11.9. The molecule has 0 spiro atoms. The zero-order chi connectivity index (χ0) is 16.4. The number of hydrogen-bond donors (Lipinski definition) is 3. The number of H-pyrrole nitrogens is 1. The summed E-state index contributed by atoms with van der Waals surface area (Å²) in [7, 11) is 0. The van der Waals surface area contributed by atoms with Crippen molar-refractivity contribution in [3.63, 3.8) is 0 Å². The van der Waals surface area contributed by atoms with Crippen molar-refractivity contribution in [1.29, 1.82) is 0 Å². The largest absolute Gasteiger partial charge is 0.421 e. The number of nitrogens with zero attached hydrogens (tertiary/aromatic N) is 3. The average molecular weight is 322 g/mol. The van der Waals surface area contributed by atoms with E-state index in [0.717, 1.165) is 11.0 Å². The molecule has 0 amide bonds. The molecule has 0 aliphatic heterocycles. The Morgan fingerprint density at radius 2 is 1.96 bits per heavy atom. The Bertz CT molecular complexity index is 794. The first kappa shape index (κ1) is 15.1. The summed E-state index contributed by atoms with van der Waals surface area (Å²) in [5.74, 6) is 0.125. The Hall–Kier alpha value is -2.84. The van der Waals surface area contributed by atoms with Gasteiger partial charge in [0.1, 0.15) is 17.2 Å². The van der Waals surface area contributed by atoms with Crippen LogP contribution >= 0.6 is 0 Å². The Balaban J connectivity index is 1.72. The van der Waals surface area contributed by atoms with Gasteiger partial charge in [-0.15, -0.1) is 0 Å². The van der Waals surface area contributed by atoms with E-state index in [4.69, 9.17) is 5.73 Å². The van der Waals surface area contributed by atoms with Gasteiger partial charge in [0.2, 0.25) is 5.95 Å². The summed E-state index contributed by atoms with van der Waals surface area (Å²) in [4.78, 5) is 14.5. The van der Waals surface area contributed by atoms with Crippen molar-refractivity contribution in [3.05, 3.63) is 41.9 Å². The van der Waals surface area contributed by atoms with E-state index in [1.165, 1.54) is 0 Å². The van der Waals surface area contributed by atoms with Crippen molar-refractivity contribution >= 4 is 22.8 Å². The number of anilines is 2. The van der Waals surface area contributed by atoms with Crippen LogP contribution in [0.3, 0.4) is 0 Å². The molecule has 1 aromatic carbocycles. The number of aromatic amines is 1. The van der Waals surface area contributed by atoms with Gasteiger partial charge >= 0.3 is 6.18 Å². The van der Waals surface area contributed by atoms with Crippen molar-refractivity contribution < 1.29 is 13.2 Å². The summed E-state index contributed by atoms with van der Waals surface area (Å²) in [5.41, 5.74) is 6.10. The van der Waals surface area contributed by atoms with Crippen LogP contribution in [0.15, 0.2) is 30.5 Å². The Morgan fingerprint density at radius 3 is 2.70 bits per heavy atom. The summed E-state index contributed by atoms with van der Waals surface area (Å²) in [6, 6.07) is 7.48. The summed E-state index contributed by atoms with van der Waals surface area (Å²) < 4.78 is 38.7. The lowest BCUT2D eigenvalue weighted by Crippen LogP contribution is -2.16. The van der Waals surface area contributed by atoms with Crippen LogP contribution in [-0.4, -0.2) is 26.5 Å². The zero-order valence-electron chi connectivity index (χ0n) is 11.9. The van der Waals surface area contributed by atoms with Crippen molar-refractivity contribution in [2.24, 2.45) is 0 Å². The first-order valence-electron chi connectivity index (χ1n) is 6.80. The molecule has 4 N–H and O–H groups in total. The minimum Gasteiger partial charge on any atom is -0.369 e. The third-order valence-electron chi connectivity index (χ3n) is 3.21. The predicted molar refractivity (Wildman–Crippen MR) is 79.7 cm³/mol. The van der Waals surface area contributed by atoms with E-state index in [-0.39, 0.29) is 18.3 Å².